The van der Waals surface area contributed by atoms with Gasteiger partial charge in [-0.05, 0) is 26.0 Å². The van der Waals surface area contributed by atoms with E-state index in [4.69, 9.17) is 14.9 Å². The Bertz CT molecular complexity index is 158. The normalized spacial score (nSPS) is 10.6. The zero-order valence-corrected chi connectivity index (χ0v) is 8.23. The molecule has 3 nitrogen and oxygen atoms in total. The van der Waals surface area contributed by atoms with E-state index in [2.05, 4.69) is 6.58 Å². The number of allylic oxidation sites excluding steroid dienone is 3. The van der Waals surface area contributed by atoms with Crippen molar-refractivity contribution < 1.29 is 14.9 Å². The summed E-state index contributed by atoms with van der Waals surface area (Å²) in [6, 6.07) is 0. The fourth-order valence-electron chi connectivity index (χ4n) is 0.381. The lowest BCUT2D eigenvalue weighted by molar-refractivity contribution is 0.186. The van der Waals surface area contributed by atoms with Crippen LogP contribution in [0, 0.1) is 0 Å². The van der Waals surface area contributed by atoms with Gasteiger partial charge in [0.25, 0.3) is 0 Å². The molecule has 0 radical (unpaired) electrons. The highest BCUT2D eigenvalue weighted by molar-refractivity contribution is 5.07. The Morgan fingerprint density at radius 3 is 2.08 bits per heavy atom. The van der Waals surface area contributed by atoms with Crippen LogP contribution in [0.15, 0.2) is 36.8 Å². The van der Waals surface area contributed by atoms with Gasteiger partial charge >= 0.3 is 0 Å². The van der Waals surface area contributed by atoms with Gasteiger partial charge in [-0.3, -0.25) is 0 Å². The summed E-state index contributed by atoms with van der Waals surface area (Å²) in [4.78, 5) is 0. The molecule has 0 unspecified atom stereocenters. The fourth-order valence-corrected chi connectivity index (χ4v) is 0.381. The van der Waals surface area contributed by atoms with E-state index in [9.17, 15) is 0 Å². The highest BCUT2D eigenvalue weighted by atomic mass is 16.5. The summed E-state index contributed by atoms with van der Waals surface area (Å²) >= 11 is 0. The van der Waals surface area contributed by atoms with Crippen molar-refractivity contribution in [1.29, 1.82) is 0 Å². The molecule has 0 saturated heterocycles. The van der Waals surface area contributed by atoms with E-state index in [0.717, 1.165) is 5.76 Å². The summed E-state index contributed by atoms with van der Waals surface area (Å²) in [6.45, 7) is 7.11. The molecule has 0 aliphatic carbocycles. The number of ether oxygens (including phenoxy) is 1. The van der Waals surface area contributed by atoms with Crippen molar-refractivity contribution in [2.75, 3.05) is 13.2 Å². The minimum Gasteiger partial charge on any atom is -0.466 e. The van der Waals surface area contributed by atoms with Crippen LogP contribution in [-0.2, 0) is 4.74 Å². The number of hydrogen-bond acceptors (Lipinski definition) is 3. The lowest BCUT2D eigenvalue weighted by Crippen LogP contribution is -1.85. The molecular weight excluding hydrogens is 168 g/mol. The number of rotatable bonds is 4. The summed E-state index contributed by atoms with van der Waals surface area (Å²) in [5.41, 5.74) is 0. The second-order valence-corrected chi connectivity index (χ2v) is 1.93. The van der Waals surface area contributed by atoms with Crippen molar-refractivity contribution in [2.45, 2.75) is 13.8 Å². The Morgan fingerprint density at radius 2 is 1.85 bits per heavy atom. The van der Waals surface area contributed by atoms with E-state index < -0.39 is 0 Å². The van der Waals surface area contributed by atoms with Gasteiger partial charge in [0.15, 0.2) is 0 Å². The van der Waals surface area contributed by atoms with E-state index in [-0.39, 0.29) is 13.2 Å². The second kappa shape index (κ2) is 13.5. The molecule has 0 bridgehead atoms. The van der Waals surface area contributed by atoms with Crippen LogP contribution in [0.3, 0.4) is 0 Å². The fraction of sp³-hybridized carbons (Fsp3) is 0.400. The molecule has 0 heterocycles. The lowest BCUT2D eigenvalue weighted by Gasteiger charge is -1.96. The standard InChI is InChI=1S/C8H12O.C2H6O2/c1-4-7-9-8(5-2)6-3;3-1-2-4/h4-7H,2H2,1,3H3;3-4H,1-2H2/b7-4+,8-6+;. The van der Waals surface area contributed by atoms with Gasteiger partial charge in [-0.25, -0.2) is 0 Å². The largest absolute Gasteiger partial charge is 0.466 e. The first-order valence-electron chi connectivity index (χ1n) is 4.05. The predicted molar refractivity (Wildman–Crippen MR) is 54.0 cm³/mol. The van der Waals surface area contributed by atoms with Gasteiger partial charge in [-0.15, -0.1) is 0 Å². The van der Waals surface area contributed by atoms with Crippen LogP contribution in [0.1, 0.15) is 13.8 Å². The van der Waals surface area contributed by atoms with E-state index in [0.29, 0.717) is 0 Å². The van der Waals surface area contributed by atoms with Crippen molar-refractivity contribution >= 4 is 0 Å². The third-order valence-electron chi connectivity index (χ3n) is 0.926. The third-order valence-corrected chi connectivity index (χ3v) is 0.926. The molecule has 13 heavy (non-hydrogen) atoms. The van der Waals surface area contributed by atoms with Gasteiger partial charge in [-0.2, -0.15) is 0 Å². The molecule has 0 fully saturated rings. The number of aliphatic hydroxyl groups excluding tert-OH is 2. The zero-order valence-electron chi connectivity index (χ0n) is 8.23. The minimum absolute atomic E-state index is 0.125. The molecule has 0 atom stereocenters. The SMILES string of the molecule is C=C/C(=C\C)O/C=C/C.OCCO. The first-order chi connectivity index (χ1) is 6.26. The molecule has 0 aromatic rings. The maximum atomic E-state index is 7.62. The zero-order chi connectivity index (χ0) is 10.5. The lowest BCUT2D eigenvalue weighted by atomic mass is 10.4. The molecule has 0 rings (SSSR count). The van der Waals surface area contributed by atoms with E-state index in [1.165, 1.54) is 0 Å². The molecule has 2 N–H and O–H groups in total. The average Bonchev–Trinajstić information content (AvgIpc) is 2.20. The van der Waals surface area contributed by atoms with E-state index >= 15 is 0 Å². The monoisotopic (exact) mass is 186 g/mol. The maximum Gasteiger partial charge on any atom is 0.121 e. The summed E-state index contributed by atoms with van der Waals surface area (Å²) in [7, 11) is 0. The van der Waals surface area contributed by atoms with E-state index in [1.54, 1.807) is 12.3 Å². The molecular formula is C10H18O3. The Balaban J connectivity index is 0. The van der Waals surface area contributed by atoms with Crippen molar-refractivity contribution in [3.8, 4) is 0 Å². The third kappa shape index (κ3) is 13.9. The van der Waals surface area contributed by atoms with Gasteiger partial charge in [0.2, 0.25) is 0 Å². The quantitative estimate of drug-likeness (QED) is 0.518. The highest BCUT2D eigenvalue weighted by Crippen LogP contribution is 1.97. The van der Waals surface area contributed by atoms with Crippen LogP contribution in [-0.4, -0.2) is 23.4 Å². The first kappa shape index (κ1) is 14.5. The molecule has 0 aliphatic rings. The van der Waals surface area contributed by atoms with Crippen LogP contribution in [0.4, 0.5) is 0 Å². The van der Waals surface area contributed by atoms with Gasteiger partial charge < -0.3 is 14.9 Å². The molecule has 0 amide bonds. The van der Waals surface area contributed by atoms with Crippen molar-refractivity contribution in [2.24, 2.45) is 0 Å². The molecule has 0 aliphatic heterocycles. The Labute approximate surface area is 79.7 Å². The van der Waals surface area contributed by atoms with Gasteiger partial charge in [0.05, 0.1) is 19.5 Å². The summed E-state index contributed by atoms with van der Waals surface area (Å²) < 4.78 is 5.05. The Morgan fingerprint density at radius 1 is 1.31 bits per heavy atom. The van der Waals surface area contributed by atoms with Crippen LogP contribution < -0.4 is 0 Å². The number of hydrogen-bond donors (Lipinski definition) is 2. The molecule has 76 valence electrons. The van der Waals surface area contributed by atoms with Crippen LogP contribution in [0.2, 0.25) is 0 Å². The smallest absolute Gasteiger partial charge is 0.121 e. The maximum absolute atomic E-state index is 7.62. The Kier molecular flexibility index (Phi) is 15.0. The molecule has 0 aromatic carbocycles. The van der Waals surface area contributed by atoms with Crippen molar-refractivity contribution in [3.05, 3.63) is 36.8 Å². The molecule has 0 saturated carbocycles. The summed E-state index contributed by atoms with van der Waals surface area (Å²) in [6.07, 6.45) is 6.97. The molecule has 3 heteroatoms. The molecule has 0 spiro atoms. The highest BCUT2D eigenvalue weighted by Gasteiger charge is 1.81. The van der Waals surface area contributed by atoms with Crippen molar-refractivity contribution in [3.63, 3.8) is 0 Å². The van der Waals surface area contributed by atoms with Gasteiger partial charge in [0, 0.05) is 0 Å². The average molecular weight is 186 g/mol. The summed E-state index contributed by atoms with van der Waals surface area (Å²) in [5, 5.41) is 15.2. The van der Waals surface area contributed by atoms with Gasteiger partial charge in [-0.1, -0.05) is 12.7 Å². The van der Waals surface area contributed by atoms with Crippen molar-refractivity contribution in [1.82, 2.24) is 0 Å². The predicted octanol–water partition coefficient (Wildman–Crippen LogP) is 1.60. The van der Waals surface area contributed by atoms with Crippen LogP contribution >= 0.6 is 0 Å². The van der Waals surface area contributed by atoms with Crippen LogP contribution in [0.5, 0.6) is 0 Å². The van der Waals surface area contributed by atoms with E-state index in [1.807, 2.05) is 26.0 Å². The minimum atomic E-state index is -0.125. The second-order valence-electron chi connectivity index (χ2n) is 1.93. The first-order valence-corrected chi connectivity index (χ1v) is 4.05. The van der Waals surface area contributed by atoms with Gasteiger partial charge in [0.1, 0.15) is 5.76 Å². The topological polar surface area (TPSA) is 49.7 Å². The number of aliphatic hydroxyl groups is 2. The Hall–Kier alpha value is -1.06. The molecule has 0 aromatic heterocycles. The summed E-state index contributed by atoms with van der Waals surface area (Å²) in [5.74, 6) is 0.785. The van der Waals surface area contributed by atoms with Crippen LogP contribution in [0.25, 0.3) is 0 Å².